The Labute approximate surface area is 171 Å². The second kappa shape index (κ2) is 9.26. The van der Waals surface area contributed by atoms with E-state index in [2.05, 4.69) is 10.2 Å². The van der Waals surface area contributed by atoms with Crippen molar-refractivity contribution in [2.45, 2.75) is 32.6 Å². The van der Waals surface area contributed by atoms with E-state index in [4.69, 9.17) is 16.3 Å². The summed E-state index contributed by atoms with van der Waals surface area (Å²) in [5.74, 6) is 0.851. The Morgan fingerprint density at radius 1 is 1.32 bits per heavy atom. The standard InChI is InChI=1S/C19H27ClN4O3S/c1-3-23(4-2)28(25,26)24-10-8-15(14-24)19-13-17(21-22-19)9-11-27-18-7-5-6-16(20)12-18/h5-7,12-13,15H,3-4,8-11,14H2,1-2H3,(H,21,22)/t15-/m0/s1. The van der Waals surface area contributed by atoms with Gasteiger partial charge in [0.25, 0.3) is 10.2 Å². The smallest absolute Gasteiger partial charge is 0.281 e. The molecule has 1 N–H and O–H groups in total. The molecule has 3 rings (SSSR count). The van der Waals surface area contributed by atoms with Crippen LogP contribution in [0.25, 0.3) is 0 Å². The van der Waals surface area contributed by atoms with Crippen molar-refractivity contribution >= 4 is 21.8 Å². The Morgan fingerprint density at radius 3 is 2.82 bits per heavy atom. The highest BCUT2D eigenvalue weighted by molar-refractivity contribution is 7.86. The Bertz CT molecular complexity index is 883. The van der Waals surface area contributed by atoms with Gasteiger partial charge in [-0.1, -0.05) is 31.5 Å². The highest BCUT2D eigenvalue weighted by atomic mass is 35.5. The number of hydrogen-bond acceptors (Lipinski definition) is 4. The van der Waals surface area contributed by atoms with Crippen molar-refractivity contribution in [3.8, 4) is 5.75 Å². The lowest BCUT2D eigenvalue weighted by Crippen LogP contribution is -2.42. The summed E-state index contributed by atoms with van der Waals surface area (Å²) in [6.45, 7) is 6.21. The van der Waals surface area contributed by atoms with Crippen LogP contribution in [0, 0.1) is 0 Å². The SMILES string of the molecule is CCN(CC)S(=O)(=O)N1CC[C@H](c2cc(CCOc3cccc(Cl)c3)[nH]n2)C1. The van der Waals surface area contributed by atoms with Crippen molar-refractivity contribution in [1.29, 1.82) is 0 Å². The number of hydrogen-bond donors (Lipinski definition) is 1. The molecule has 9 heteroatoms. The molecule has 1 aromatic carbocycles. The molecular formula is C19H27ClN4O3S. The summed E-state index contributed by atoms with van der Waals surface area (Å²) >= 11 is 5.95. The van der Waals surface area contributed by atoms with Crippen LogP contribution in [0.5, 0.6) is 5.75 Å². The van der Waals surface area contributed by atoms with Gasteiger partial charge in [0.05, 0.1) is 12.3 Å². The van der Waals surface area contributed by atoms with Crippen LogP contribution in [0.15, 0.2) is 30.3 Å². The number of aromatic amines is 1. The summed E-state index contributed by atoms with van der Waals surface area (Å²) in [6, 6.07) is 9.32. The van der Waals surface area contributed by atoms with Crippen LogP contribution in [-0.4, -0.2) is 60.0 Å². The molecule has 1 aromatic heterocycles. The van der Waals surface area contributed by atoms with Crippen molar-refractivity contribution in [2.24, 2.45) is 0 Å². The lowest BCUT2D eigenvalue weighted by molar-refractivity contribution is 0.320. The molecular weight excluding hydrogens is 400 g/mol. The Morgan fingerprint density at radius 2 is 2.11 bits per heavy atom. The minimum absolute atomic E-state index is 0.115. The normalized spacial score (nSPS) is 18.1. The first-order valence-electron chi connectivity index (χ1n) is 9.61. The van der Waals surface area contributed by atoms with Crippen LogP contribution in [0.1, 0.15) is 37.6 Å². The zero-order chi connectivity index (χ0) is 20.1. The van der Waals surface area contributed by atoms with Crippen LogP contribution in [-0.2, 0) is 16.6 Å². The maximum absolute atomic E-state index is 12.7. The van der Waals surface area contributed by atoms with Crippen LogP contribution < -0.4 is 4.74 Å². The fraction of sp³-hybridized carbons (Fsp3) is 0.526. The maximum Gasteiger partial charge on any atom is 0.281 e. The Kier molecular flexibility index (Phi) is 6.98. The molecule has 0 spiro atoms. The van der Waals surface area contributed by atoms with E-state index in [0.29, 0.717) is 44.2 Å². The first-order chi connectivity index (χ1) is 13.4. The predicted octanol–water partition coefficient (Wildman–Crippen LogP) is 3.06. The summed E-state index contributed by atoms with van der Waals surface area (Å²) in [5, 5.41) is 8.09. The van der Waals surface area contributed by atoms with Gasteiger partial charge in [0, 0.05) is 49.2 Å². The number of H-pyrrole nitrogens is 1. The molecule has 0 aliphatic carbocycles. The van der Waals surface area contributed by atoms with Gasteiger partial charge in [0.1, 0.15) is 5.75 Å². The molecule has 2 heterocycles. The zero-order valence-corrected chi connectivity index (χ0v) is 17.8. The first kappa shape index (κ1) is 21.1. The highest BCUT2D eigenvalue weighted by Gasteiger charge is 2.35. The van der Waals surface area contributed by atoms with Gasteiger partial charge in [-0.2, -0.15) is 22.1 Å². The number of ether oxygens (including phenoxy) is 1. The second-order valence-electron chi connectivity index (χ2n) is 6.81. The van der Waals surface area contributed by atoms with Gasteiger partial charge >= 0.3 is 0 Å². The molecule has 28 heavy (non-hydrogen) atoms. The average molecular weight is 427 g/mol. The lowest BCUT2D eigenvalue weighted by atomic mass is 10.0. The molecule has 1 atom stereocenters. The van der Waals surface area contributed by atoms with E-state index in [1.54, 1.807) is 16.4 Å². The van der Waals surface area contributed by atoms with Gasteiger partial charge < -0.3 is 4.74 Å². The largest absolute Gasteiger partial charge is 0.493 e. The molecule has 0 unspecified atom stereocenters. The van der Waals surface area contributed by atoms with Crippen molar-refractivity contribution in [1.82, 2.24) is 18.8 Å². The van der Waals surface area contributed by atoms with E-state index in [1.165, 1.54) is 4.31 Å². The molecule has 0 amide bonds. The molecule has 1 saturated heterocycles. The number of halogens is 1. The van der Waals surface area contributed by atoms with Gasteiger partial charge in [0.2, 0.25) is 0 Å². The van der Waals surface area contributed by atoms with E-state index in [9.17, 15) is 8.42 Å². The number of rotatable bonds is 9. The van der Waals surface area contributed by atoms with Gasteiger partial charge in [-0.15, -0.1) is 0 Å². The summed E-state index contributed by atoms with van der Waals surface area (Å²) in [6.07, 6.45) is 1.47. The summed E-state index contributed by atoms with van der Waals surface area (Å²) < 4.78 is 34.1. The van der Waals surface area contributed by atoms with Crippen molar-refractivity contribution in [3.05, 3.63) is 46.7 Å². The summed E-state index contributed by atoms with van der Waals surface area (Å²) in [5.41, 5.74) is 1.89. The van der Waals surface area contributed by atoms with Gasteiger partial charge in [-0.05, 0) is 30.7 Å². The van der Waals surface area contributed by atoms with E-state index in [-0.39, 0.29) is 5.92 Å². The molecule has 2 aromatic rings. The quantitative estimate of drug-likeness (QED) is 0.668. The number of aromatic nitrogens is 2. The van der Waals surface area contributed by atoms with E-state index < -0.39 is 10.2 Å². The lowest BCUT2D eigenvalue weighted by Gasteiger charge is -2.25. The fourth-order valence-electron chi connectivity index (χ4n) is 3.44. The minimum Gasteiger partial charge on any atom is -0.493 e. The van der Waals surface area contributed by atoms with E-state index in [0.717, 1.165) is 23.6 Å². The molecule has 7 nitrogen and oxygen atoms in total. The zero-order valence-electron chi connectivity index (χ0n) is 16.3. The van der Waals surface area contributed by atoms with E-state index in [1.807, 2.05) is 32.0 Å². The maximum atomic E-state index is 12.7. The molecule has 0 radical (unpaired) electrons. The van der Waals surface area contributed by atoms with E-state index >= 15 is 0 Å². The van der Waals surface area contributed by atoms with Gasteiger partial charge in [-0.3, -0.25) is 5.10 Å². The third kappa shape index (κ3) is 4.86. The average Bonchev–Trinajstić information content (AvgIpc) is 3.32. The third-order valence-corrected chi connectivity index (χ3v) is 7.40. The molecule has 0 saturated carbocycles. The Balaban J connectivity index is 1.54. The topological polar surface area (TPSA) is 78.5 Å². The third-order valence-electron chi connectivity index (χ3n) is 5.01. The molecule has 0 bridgehead atoms. The summed E-state index contributed by atoms with van der Waals surface area (Å²) in [7, 11) is -3.39. The van der Waals surface area contributed by atoms with Gasteiger partial charge in [-0.25, -0.2) is 0 Å². The second-order valence-corrected chi connectivity index (χ2v) is 9.17. The number of nitrogens with zero attached hydrogens (tertiary/aromatic N) is 3. The summed E-state index contributed by atoms with van der Waals surface area (Å²) in [4.78, 5) is 0. The van der Waals surface area contributed by atoms with Crippen LogP contribution in [0.3, 0.4) is 0 Å². The predicted molar refractivity (Wildman–Crippen MR) is 110 cm³/mol. The van der Waals surface area contributed by atoms with Crippen LogP contribution >= 0.6 is 11.6 Å². The molecule has 1 fully saturated rings. The monoisotopic (exact) mass is 426 g/mol. The van der Waals surface area contributed by atoms with Gasteiger partial charge in [0.15, 0.2) is 0 Å². The number of benzene rings is 1. The van der Waals surface area contributed by atoms with Crippen molar-refractivity contribution < 1.29 is 13.2 Å². The number of nitrogens with one attached hydrogen (secondary N) is 1. The molecule has 154 valence electrons. The van der Waals surface area contributed by atoms with Crippen molar-refractivity contribution in [2.75, 3.05) is 32.8 Å². The first-order valence-corrected chi connectivity index (χ1v) is 11.4. The highest BCUT2D eigenvalue weighted by Crippen LogP contribution is 2.29. The minimum atomic E-state index is -3.39. The molecule has 1 aliphatic heterocycles. The Hall–Kier alpha value is -1.61. The van der Waals surface area contributed by atoms with Crippen molar-refractivity contribution in [3.63, 3.8) is 0 Å². The fourth-order valence-corrected chi connectivity index (χ4v) is 5.31. The molecule has 1 aliphatic rings. The van der Waals surface area contributed by atoms with Crippen LogP contribution in [0.4, 0.5) is 0 Å². The van der Waals surface area contributed by atoms with Crippen LogP contribution in [0.2, 0.25) is 5.02 Å².